The van der Waals surface area contributed by atoms with Crippen LogP contribution in [0.5, 0.6) is 0 Å². The average molecular weight is 196 g/mol. The van der Waals surface area contributed by atoms with E-state index in [-0.39, 0.29) is 64.6 Å². The maximum atomic E-state index is 9.68. The molecule has 0 radical (unpaired) electrons. The van der Waals surface area contributed by atoms with Gasteiger partial charge in [-0.3, -0.25) is 0 Å². The van der Waals surface area contributed by atoms with E-state index >= 15 is 0 Å². The van der Waals surface area contributed by atoms with Crippen LogP contribution in [0.1, 0.15) is 6.92 Å². The summed E-state index contributed by atoms with van der Waals surface area (Å²) < 4.78 is 0. The molecule has 0 fully saturated rings. The molecule has 0 aliphatic carbocycles. The van der Waals surface area contributed by atoms with Gasteiger partial charge in [-0.05, 0) is 6.92 Å². The van der Waals surface area contributed by atoms with Crippen LogP contribution in [0.25, 0.3) is 0 Å². The van der Waals surface area contributed by atoms with Crippen LogP contribution in [0.15, 0.2) is 0 Å². The molecule has 8 heteroatoms. The summed E-state index contributed by atoms with van der Waals surface area (Å²) in [6.07, 6.45) is 0. The van der Waals surface area contributed by atoms with Crippen LogP contribution in [-0.4, -0.2) is 28.1 Å². The van der Waals surface area contributed by atoms with Crippen LogP contribution >= 0.6 is 0 Å². The van der Waals surface area contributed by atoms with Crippen LogP contribution in [-0.2, 0) is 9.59 Å². The van der Waals surface area contributed by atoms with Crippen LogP contribution in [0.4, 0.5) is 0 Å². The molecule has 60 valence electrons. The Balaban J connectivity index is -0.000000107. The van der Waals surface area contributed by atoms with Crippen molar-refractivity contribution < 1.29 is 89.5 Å². The van der Waals surface area contributed by atoms with Crippen molar-refractivity contribution in [1.82, 2.24) is 0 Å². The monoisotopic (exact) mass is 196 g/mol. The van der Waals surface area contributed by atoms with Gasteiger partial charge in [0.05, 0.1) is 11.9 Å². The first-order chi connectivity index (χ1) is 3.89. The molecule has 0 amide bonds. The molecule has 6 nitrogen and oxygen atoms in total. The van der Waals surface area contributed by atoms with Gasteiger partial charge >= 0.3 is 59.1 Å². The zero-order valence-corrected chi connectivity index (χ0v) is 11.1. The van der Waals surface area contributed by atoms with E-state index in [1.165, 1.54) is 0 Å². The molecule has 0 aliphatic rings. The van der Waals surface area contributed by atoms with Crippen molar-refractivity contribution in [2.24, 2.45) is 0 Å². The smallest absolute Gasteiger partial charge is 0.547 e. The molecule has 0 aromatic heterocycles. The minimum atomic E-state index is -2.89. The van der Waals surface area contributed by atoms with Crippen LogP contribution < -0.4 is 69.3 Å². The van der Waals surface area contributed by atoms with Gasteiger partial charge in [0, 0.05) is 0 Å². The molecule has 0 spiro atoms. The Bertz CT molecular complexity index is 140. The van der Waals surface area contributed by atoms with E-state index in [9.17, 15) is 19.8 Å². The van der Waals surface area contributed by atoms with Crippen LogP contribution in [0.2, 0.25) is 0 Å². The van der Waals surface area contributed by atoms with Crippen molar-refractivity contribution in [3.8, 4) is 0 Å². The van der Waals surface area contributed by atoms with Gasteiger partial charge < -0.3 is 30.4 Å². The standard InChI is InChI=1S/C4H6O5.2Na.H2O/c1-4(9,2(5)6)3(7)8;;;/h9H,1H3,(H,5,6)(H,7,8);;;1H2/q;2*+1;/p-2. The van der Waals surface area contributed by atoms with E-state index in [0.717, 1.165) is 0 Å². The molecule has 0 heterocycles. The minimum absolute atomic E-state index is 0. The van der Waals surface area contributed by atoms with E-state index < -0.39 is 17.5 Å². The minimum Gasteiger partial charge on any atom is -0.547 e. The third-order valence-electron chi connectivity index (χ3n) is 0.795. The Labute approximate surface area is 113 Å². The second kappa shape index (κ2) is 8.46. The Morgan fingerprint density at radius 3 is 1.33 bits per heavy atom. The zero-order valence-electron chi connectivity index (χ0n) is 7.08. The molecule has 0 saturated carbocycles. The average Bonchev–Trinajstić information content (AvgIpc) is 1.65. The number of rotatable bonds is 2. The van der Waals surface area contributed by atoms with E-state index in [1.54, 1.807) is 0 Å². The van der Waals surface area contributed by atoms with Crippen molar-refractivity contribution in [2.75, 3.05) is 0 Å². The van der Waals surface area contributed by atoms with E-state index in [4.69, 9.17) is 5.11 Å². The quantitative estimate of drug-likeness (QED) is 0.346. The third-order valence-corrected chi connectivity index (χ3v) is 0.795. The number of hydrogen-bond donors (Lipinski definition) is 1. The zero-order chi connectivity index (χ0) is 7.65. The molecule has 3 N–H and O–H groups in total. The van der Waals surface area contributed by atoms with E-state index in [0.29, 0.717) is 6.92 Å². The number of hydrogen-bond acceptors (Lipinski definition) is 5. The molecule has 12 heavy (non-hydrogen) atoms. The molecule has 0 rings (SSSR count). The first kappa shape index (κ1) is 23.0. The maximum absolute atomic E-state index is 9.68. The van der Waals surface area contributed by atoms with Gasteiger partial charge in [-0.25, -0.2) is 0 Å². The van der Waals surface area contributed by atoms with Gasteiger partial charge in [0.1, 0.15) is 5.60 Å². The summed E-state index contributed by atoms with van der Waals surface area (Å²) in [5.41, 5.74) is -2.89. The second-order valence-corrected chi connectivity index (χ2v) is 1.65. The molecule has 0 aromatic carbocycles. The summed E-state index contributed by atoms with van der Waals surface area (Å²) in [4.78, 5) is 19.4. The Morgan fingerprint density at radius 2 is 1.33 bits per heavy atom. The number of carbonyl (C=O) groups excluding carboxylic acids is 2. The summed E-state index contributed by atoms with van der Waals surface area (Å²) >= 11 is 0. The van der Waals surface area contributed by atoms with E-state index in [1.807, 2.05) is 0 Å². The SMILES string of the molecule is CC(O)(C(=O)[O-])C(=O)[O-].O.[Na+].[Na+]. The molecular weight excluding hydrogens is 190 g/mol. The van der Waals surface area contributed by atoms with Gasteiger partial charge in [-0.1, -0.05) is 0 Å². The van der Waals surface area contributed by atoms with Crippen molar-refractivity contribution >= 4 is 11.9 Å². The molecule has 0 saturated heterocycles. The predicted molar refractivity (Wildman–Crippen MR) is 24.3 cm³/mol. The van der Waals surface area contributed by atoms with E-state index in [2.05, 4.69) is 0 Å². The topological polar surface area (TPSA) is 132 Å². The Hall–Kier alpha value is 0.860. The van der Waals surface area contributed by atoms with Crippen molar-refractivity contribution in [1.29, 1.82) is 0 Å². The fourth-order valence-electron chi connectivity index (χ4n) is 0.0833. The van der Waals surface area contributed by atoms with Crippen LogP contribution in [0.3, 0.4) is 0 Å². The predicted octanol–water partition coefficient (Wildman–Crippen LogP) is -10.6. The summed E-state index contributed by atoms with van der Waals surface area (Å²) in [7, 11) is 0. The van der Waals surface area contributed by atoms with Crippen molar-refractivity contribution in [2.45, 2.75) is 12.5 Å². The van der Waals surface area contributed by atoms with Gasteiger partial charge in [-0.15, -0.1) is 0 Å². The molecule has 0 bridgehead atoms. The third kappa shape index (κ3) is 6.38. The molecular formula is C4H6Na2O6. The van der Waals surface area contributed by atoms with Gasteiger partial charge in [0.15, 0.2) is 0 Å². The fourth-order valence-corrected chi connectivity index (χ4v) is 0.0833. The summed E-state index contributed by atoms with van der Waals surface area (Å²) in [6.45, 7) is 0.567. The summed E-state index contributed by atoms with van der Waals surface area (Å²) in [5, 5.41) is 27.7. The number of aliphatic carboxylic acids is 2. The normalized spacial score (nSPS) is 8.17. The summed E-state index contributed by atoms with van der Waals surface area (Å²) in [5.74, 6) is -4.16. The van der Waals surface area contributed by atoms with Crippen molar-refractivity contribution in [3.05, 3.63) is 0 Å². The van der Waals surface area contributed by atoms with Gasteiger partial charge in [0.25, 0.3) is 0 Å². The first-order valence-electron chi connectivity index (χ1n) is 2.04. The first-order valence-corrected chi connectivity index (χ1v) is 2.04. The largest absolute Gasteiger partial charge is 1.00 e. The van der Waals surface area contributed by atoms with Crippen molar-refractivity contribution in [3.63, 3.8) is 0 Å². The number of carboxylic acid groups (broad SMARTS) is 2. The molecule has 0 unspecified atom stereocenters. The number of carboxylic acids is 2. The fraction of sp³-hybridized carbons (Fsp3) is 0.500. The Kier molecular flexibility index (Phi) is 16.2. The van der Waals surface area contributed by atoms with Gasteiger partial charge in [-0.2, -0.15) is 0 Å². The molecule has 0 atom stereocenters. The molecule has 0 aromatic rings. The maximum Gasteiger partial charge on any atom is 1.00 e. The molecule has 0 aliphatic heterocycles. The summed E-state index contributed by atoms with van der Waals surface area (Å²) in [6, 6.07) is 0. The Morgan fingerprint density at radius 1 is 1.17 bits per heavy atom. The second-order valence-electron chi connectivity index (χ2n) is 1.65. The number of carbonyl (C=O) groups is 2. The van der Waals surface area contributed by atoms with Gasteiger partial charge in [0.2, 0.25) is 0 Å². The van der Waals surface area contributed by atoms with Crippen LogP contribution in [0, 0.1) is 0 Å². The number of aliphatic hydroxyl groups is 1.